The van der Waals surface area contributed by atoms with Crippen molar-refractivity contribution in [3.63, 3.8) is 0 Å². The molecule has 2 heterocycles. The van der Waals surface area contributed by atoms with E-state index in [1.54, 1.807) is 6.20 Å². The van der Waals surface area contributed by atoms with Crippen molar-refractivity contribution in [1.29, 1.82) is 0 Å². The molecule has 2 aromatic heterocycles. The summed E-state index contributed by atoms with van der Waals surface area (Å²) in [4.78, 5) is 0. The third kappa shape index (κ3) is 2.85. The molecule has 108 valence electrons. The highest BCUT2D eigenvalue weighted by atomic mass is 79.9. The number of hydrogen-bond acceptors (Lipinski definition) is 4. The number of aryl methyl sites for hydroxylation is 2. The first-order chi connectivity index (χ1) is 10.1. The van der Waals surface area contributed by atoms with Crippen molar-refractivity contribution in [2.75, 3.05) is 5.32 Å². The van der Waals surface area contributed by atoms with Gasteiger partial charge in [-0.25, -0.2) is 4.68 Å². The van der Waals surface area contributed by atoms with E-state index in [0.29, 0.717) is 6.54 Å². The molecule has 0 radical (unpaired) electrons. The van der Waals surface area contributed by atoms with E-state index in [-0.39, 0.29) is 0 Å². The number of benzene rings is 1. The van der Waals surface area contributed by atoms with Gasteiger partial charge in [0.2, 0.25) is 0 Å². The number of nitrogens with zero attached hydrogens (tertiary/aromatic N) is 3. The van der Waals surface area contributed by atoms with Crippen LogP contribution in [0, 0.1) is 13.8 Å². The lowest BCUT2D eigenvalue weighted by Gasteiger charge is -2.12. The summed E-state index contributed by atoms with van der Waals surface area (Å²) in [6.07, 6.45) is 3.68. The van der Waals surface area contributed by atoms with Crippen LogP contribution in [0.15, 0.2) is 45.7 Å². The molecule has 0 amide bonds. The van der Waals surface area contributed by atoms with Crippen LogP contribution in [0.25, 0.3) is 5.69 Å². The average Bonchev–Trinajstić information content (AvgIpc) is 3.08. The molecule has 0 fully saturated rings. The molecule has 3 aromatic rings. The van der Waals surface area contributed by atoms with Gasteiger partial charge in [-0.05, 0) is 38.1 Å². The van der Waals surface area contributed by atoms with Crippen LogP contribution in [-0.2, 0) is 6.54 Å². The van der Waals surface area contributed by atoms with Crippen LogP contribution in [0.1, 0.15) is 17.0 Å². The predicted octanol–water partition coefficient (Wildman–Crippen LogP) is 3.85. The van der Waals surface area contributed by atoms with Crippen LogP contribution in [0.5, 0.6) is 0 Å². The van der Waals surface area contributed by atoms with Gasteiger partial charge in [-0.2, -0.15) is 5.10 Å². The highest BCUT2D eigenvalue weighted by Crippen LogP contribution is 2.25. The minimum atomic E-state index is 0.659. The van der Waals surface area contributed by atoms with Crippen LogP contribution < -0.4 is 5.32 Å². The molecule has 0 saturated carbocycles. The predicted molar refractivity (Wildman–Crippen MR) is 84.6 cm³/mol. The average molecular weight is 347 g/mol. The minimum absolute atomic E-state index is 0.659. The Hall–Kier alpha value is -2.08. The monoisotopic (exact) mass is 346 g/mol. The van der Waals surface area contributed by atoms with E-state index >= 15 is 0 Å². The Labute approximate surface area is 131 Å². The van der Waals surface area contributed by atoms with Crippen LogP contribution in [-0.4, -0.2) is 14.9 Å². The summed E-state index contributed by atoms with van der Waals surface area (Å²) in [5, 5.41) is 11.7. The number of halogens is 1. The standard InChI is InChI=1S/C15H15BrN4O/c1-10-13(11(2)21-19-10)9-17-14-8-12(16)4-5-15(14)20-7-3-6-18-20/h3-8,17H,9H2,1-2H3. The molecule has 0 aliphatic heterocycles. The lowest BCUT2D eigenvalue weighted by atomic mass is 10.2. The first-order valence-corrected chi connectivity index (χ1v) is 7.39. The van der Waals surface area contributed by atoms with Crippen LogP contribution in [0.4, 0.5) is 5.69 Å². The smallest absolute Gasteiger partial charge is 0.138 e. The summed E-state index contributed by atoms with van der Waals surface area (Å²) in [6, 6.07) is 7.96. The second-order valence-electron chi connectivity index (χ2n) is 4.77. The second-order valence-corrected chi connectivity index (χ2v) is 5.68. The molecular formula is C15H15BrN4O. The first kappa shape index (κ1) is 13.9. The molecular weight excluding hydrogens is 332 g/mol. The van der Waals surface area contributed by atoms with Gasteiger partial charge in [0.1, 0.15) is 5.76 Å². The summed E-state index contributed by atoms with van der Waals surface area (Å²) < 4.78 is 8.04. The van der Waals surface area contributed by atoms with Gasteiger partial charge in [0, 0.05) is 29.0 Å². The van der Waals surface area contributed by atoms with Crippen molar-refractivity contribution in [3.05, 3.63) is 58.1 Å². The van der Waals surface area contributed by atoms with Gasteiger partial charge in [0.05, 0.1) is 17.1 Å². The van der Waals surface area contributed by atoms with E-state index in [0.717, 1.165) is 32.9 Å². The SMILES string of the molecule is Cc1noc(C)c1CNc1cc(Br)ccc1-n1cccn1. The normalized spacial score (nSPS) is 10.8. The van der Waals surface area contributed by atoms with Gasteiger partial charge >= 0.3 is 0 Å². The highest BCUT2D eigenvalue weighted by Gasteiger charge is 2.11. The number of hydrogen-bond donors (Lipinski definition) is 1. The molecule has 3 rings (SSSR count). The molecule has 1 N–H and O–H groups in total. The molecule has 1 aromatic carbocycles. The van der Waals surface area contributed by atoms with Crippen molar-refractivity contribution >= 4 is 21.6 Å². The molecule has 0 atom stereocenters. The molecule has 5 nitrogen and oxygen atoms in total. The quantitative estimate of drug-likeness (QED) is 0.779. The van der Waals surface area contributed by atoms with Crippen molar-refractivity contribution in [3.8, 4) is 5.69 Å². The zero-order valence-corrected chi connectivity index (χ0v) is 13.4. The summed E-state index contributed by atoms with van der Waals surface area (Å²) in [7, 11) is 0. The minimum Gasteiger partial charge on any atom is -0.379 e. The lowest BCUT2D eigenvalue weighted by Crippen LogP contribution is -2.06. The maximum atomic E-state index is 5.19. The van der Waals surface area contributed by atoms with Crippen molar-refractivity contribution < 1.29 is 4.52 Å². The number of rotatable bonds is 4. The van der Waals surface area contributed by atoms with Gasteiger partial charge in [-0.15, -0.1) is 0 Å². The molecule has 0 aliphatic carbocycles. The summed E-state index contributed by atoms with van der Waals surface area (Å²) in [6.45, 7) is 4.53. The molecule has 0 aliphatic rings. The first-order valence-electron chi connectivity index (χ1n) is 6.60. The van der Waals surface area contributed by atoms with Crippen LogP contribution >= 0.6 is 15.9 Å². The van der Waals surface area contributed by atoms with E-state index in [9.17, 15) is 0 Å². The van der Waals surface area contributed by atoms with E-state index in [1.165, 1.54) is 0 Å². The molecule has 6 heteroatoms. The fourth-order valence-electron chi connectivity index (χ4n) is 2.20. The molecule has 0 bridgehead atoms. The van der Waals surface area contributed by atoms with Gasteiger partial charge in [-0.1, -0.05) is 21.1 Å². The van der Waals surface area contributed by atoms with E-state index in [1.807, 2.05) is 49.0 Å². The molecule has 21 heavy (non-hydrogen) atoms. The summed E-state index contributed by atoms with van der Waals surface area (Å²) in [5.74, 6) is 0.843. The Balaban J connectivity index is 1.90. The van der Waals surface area contributed by atoms with Gasteiger partial charge in [-0.3, -0.25) is 0 Å². The molecule has 0 unspecified atom stereocenters. The van der Waals surface area contributed by atoms with E-state index < -0.39 is 0 Å². The number of aromatic nitrogens is 3. The van der Waals surface area contributed by atoms with Gasteiger partial charge in [0.15, 0.2) is 0 Å². The van der Waals surface area contributed by atoms with E-state index in [4.69, 9.17) is 4.52 Å². The summed E-state index contributed by atoms with van der Waals surface area (Å²) >= 11 is 3.51. The zero-order valence-electron chi connectivity index (χ0n) is 11.8. The van der Waals surface area contributed by atoms with Crippen LogP contribution in [0.3, 0.4) is 0 Å². The largest absolute Gasteiger partial charge is 0.379 e. The van der Waals surface area contributed by atoms with Crippen molar-refractivity contribution in [1.82, 2.24) is 14.9 Å². The van der Waals surface area contributed by atoms with Crippen LogP contribution in [0.2, 0.25) is 0 Å². The Kier molecular flexibility index (Phi) is 3.79. The Morgan fingerprint density at radius 2 is 2.19 bits per heavy atom. The van der Waals surface area contributed by atoms with Crippen molar-refractivity contribution in [2.45, 2.75) is 20.4 Å². The fraction of sp³-hybridized carbons (Fsp3) is 0.200. The van der Waals surface area contributed by atoms with Gasteiger partial charge in [0.25, 0.3) is 0 Å². The fourth-order valence-corrected chi connectivity index (χ4v) is 2.56. The Morgan fingerprint density at radius 1 is 1.33 bits per heavy atom. The molecule has 0 spiro atoms. The van der Waals surface area contributed by atoms with E-state index in [2.05, 4.69) is 31.5 Å². The molecule has 0 saturated heterocycles. The topological polar surface area (TPSA) is 55.9 Å². The van der Waals surface area contributed by atoms with Gasteiger partial charge < -0.3 is 9.84 Å². The third-order valence-corrected chi connectivity index (χ3v) is 3.84. The third-order valence-electron chi connectivity index (χ3n) is 3.35. The Morgan fingerprint density at radius 3 is 2.86 bits per heavy atom. The Bertz CT molecular complexity index is 730. The second kappa shape index (κ2) is 5.73. The maximum Gasteiger partial charge on any atom is 0.138 e. The number of anilines is 1. The number of nitrogens with one attached hydrogen (secondary N) is 1. The zero-order chi connectivity index (χ0) is 14.8. The maximum absolute atomic E-state index is 5.19. The summed E-state index contributed by atoms with van der Waals surface area (Å²) in [5.41, 5.74) is 3.99. The highest BCUT2D eigenvalue weighted by molar-refractivity contribution is 9.10. The van der Waals surface area contributed by atoms with Crippen molar-refractivity contribution in [2.24, 2.45) is 0 Å². The lowest BCUT2D eigenvalue weighted by molar-refractivity contribution is 0.392.